The summed E-state index contributed by atoms with van der Waals surface area (Å²) in [6.45, 7) is 2.03. The fourth-order valence-corrected chi connectivity index (χ4v) is 3.50. The van der Waals surface area contributed by atoms with Crippen LogP contribution in [0.1, 0.15) is 40.6 Å². The van der Waals surface area contributed by atoms with Gasteiger partial charge in [0.15, 0.2) is 0 Å². The third-order valence-corrected chi connectivity index (χ3v) is 4.85. The lowest BCUT2D eigenvalue weighted by molar-refractivity contribution is 0.0596. The number of fused-ring (bicyclic) bond motifs is 1. The van der Waals surface area contributed by atoms with Crippen LogP contribution in [0.25, 0.3) is 0 Å². The Morgan fingerprint density at radius 3 is 2.46 bits per heavy atom. The zero-order valence-electron chi connectivity index (χ0n) is 14.5. The van der Waals surface area contributed by atoms with Crippen molar-refractivity contribution in [1.82, 2.24) is 4.90 Å². The molecule has 0 saturated heterocycles. The molecule has 0 saturated carbocycles. The number of hydrogen-bond acceptors (Lipinski definition) is 3. The summed E-state index contributed by atoms with van der Waals surface area (Å²) in [7, 11) is 0. The molecule has 3 aromatic rings. The van der Waals surface area contributed by atoms with Crippen molar-refractivity contribution < 1.29 is 9.90 Å². The standard InChI is InChI=1S/C22H20N2O2/c1-15(16-8-3-2-4-9-16)24-21(17-10-7-11-18(25)14-17)23-20-13-6-5-12-19(20)22(24)26/h2-15,21,23,25H,1H3/t15-,21+/m0/s1. The Morgan fingerprint density at radius 1 is 0.962 bits per heavy atom. The molecule has 0 radical (unpaired) electrons. The minimum absolute atomic E-state index is 0.0240. The lowest BCUT2D eigenvalue weighted by atomic mass is 9.98. The fourth-order valence-electron chi connectivity index (χ4n) is 3.50. The normalized spacial score (nSPS) is 17.3. The Hall–Kier alpha value is -3.27. The molecule has 4 heteroatoms. The van der Waals surface area contributed by atoms with Crippen molar-refractivity contribution in [3.63, 3.8) is 0 Å². The summed E-state index contributed by atoms with van der Waals surface area (Å²) in [6.07, 6.45) is -0.361. The largest absolute Gasteiger partial charge is 0.508 e. The molecule has 0 fully saturated rings. The number of nitrogens with zero attached hydrogens (tertiary/aromatic N) is 1. The molecule has 0 aliphatic carbocycles. The van der Waals surface area contributed by atoms with E-state index in [1.54, 1.807) is 18.2 Å². The van der Waals surface area contributed by atoms with E-state index in [4.69, 9.17) is 0 Å². The van der Waals surface area contributed by atoms with Gasteiger partial charge in [-0.3, -0.25) is 4.79 Å². The first-order chi connectivity index (χ1) is 12.6. The number of hydrogen-bond donors (Lipinski definition) is 2. The highest BCUT2D eigenvalue weighted by Gasteiger charge is 2.36. The molecule has 1 heterocycles. The van der Waals surface area contributed by atoms with Gasteiger partial charge in [0, 0.05) is 5.69 Å². The van der Waals surface area contributed by atoms with Crippen LogP contribution in [-0.4, -0.2) is 15.9 Å². The van der Waals surface area contributed by atoms with Crippen LogP contribution < -0.4 is 5.32 Å². The summed E-state index contributed by atoms with van der Waals surface area (Å²) in [5.41, 5.74) is 3.37. The van der Waals surface area contributed by atoms with Gasteiger partial charge in [-0.1, -0.05) is 54.6 Å². The Labute approximate surface area is 152 Å². The van der Waals surface area contributed by atoms with Gasteiger partial charge in [0.2, 0.25) is 0 Å². The average molecular weight is 344 g/mol. The number of aromatic hydroxyl groups is 1. The highest BCUT2D eigenvalue weighted by molar-refractivity contribution is 6.02. The zero-order chi connectivity index (χ0) is 18.1. The van der Waals surface area contributed by atoms with Gasteiger partial charge in [0.25, 0.3) is 5.91 Å². The van der Waals surface area contributed by atoms with E-state index in [-0.39, 0.29) is 23.9 Å². The summed E-state index contributed by atoms with van der Waals surface area (Å²) in [5.74, 6) is 0.159. The molecule has 1 aliphatic heterocycles. The second kappa shape index (κ2) is 6.56. The number of benzene rings is 3. The Balaban J connectivity index is 1.82. The van der Waals surface area contributed by atoms with Crippen LogP contribution in [0.3, 0.4) is 0 Å². The SMILES string of the molecule is C[C@@H](c1ccccc1)N1C(=O)c2ccccc2N[C@H]1c1cccc(O)c1. The van der Waals surface area contributed by atoms with Gasteiger partial charge in [-0.2, -0.15) is 0 Å². The highest BCUT2D eigenvalue weighted by Crippen LogP contribution is 2.39. The van der Waals surface area contributed by atoms with E-state index < -0.39 is 0 Å². The van der Waals surface area contributed by atoms with Gasteiger partial charge in [0.05, 0.1) is 11.6 Å². The summed E-state index contributed by atoms with van der Waals surface area (Å²) < 4.78 is 0. The molecule has 1 aliphatic rings. The number of carbonyl (C=O) groups excluding carboxylic acids is 1. The van der Waals surface area contributed by atoms with E-state index >= 15 is 0 Å². The number of phenolic OH excluding ortho intramolecular Hbond substituents is 1. The molecule has 0 aromatic heterocycles. The van der Waals surface area contributed by atoms with Gasteiger partial charge in [-0.05, 0) is 42.3 Å². The van der Waals surface area contributed by atoms with Gasteiger partial charge < -0.3 is 15.3 Å². The van der Waals surface area contributed by atoms with E-state index in [1.165, 1.54) is 0 Å². The Kier molecular flexibility index (Phi) is 4.09. The molecular formula is C22H20N2O2. The van der Waals surface area contributed by atoms with Crippen molar-refractivity contribution in [3.8, 4) is 5.75 Å². The smallest absolute Gasteiger partial charge is 0.258 e. The van der Waals surface area contributed by atoms with E-state index in [1.807, 2.05) is 72.5 Å². The van der Waals surface area contributed by atoms with Crippen molar-refractivity contribution in [2.45, 2.75) is 19.1 Å². The number of carbonyl (C=O) groups is 1. The van der Waals surface area contributed by atoms with E-state index in [2.05, 4.69) is 5.32 Å². The molecule has 130 valence electrons. The highest BCUT2D eigenvalue weighted by atomic mass is 16.3. The van der Waals surface area contributed by atoms with E-state index in [0.717, 1.165) is 16.8 Å². The predicted octanol–water partition coefficient (Wildman–Crippen LogP) is 4.72. The average Bonchev–Trinajstić information content (AvgIpc) is 2.68. The third kappa shape index (κ3) is 2.80. The lowest BCUT2D eigenvalue weighted by Gasteiger charge is -2.42. The molecule has 0 bridgehead atoms. The van der Waals surface area contributed by atoms with Gasteiger partial charge in [0.1, 0.15) is 11.9 Å². The second-order valence-electron chi connectivity index (χ2n) is 6.49. The van der Waals surface area contributed by atoms with Crippen LogP contribution in [0, 0.1) is 0 Å². The second-order valence-corrected chi connectivity index (χ2v) is 6.49. The quantitative estimate of drug-likeness (QED) is 0.723. The molecule has 2 atom stereocenters. The number of nitrogens with one attached hydrogen (secondary N) is 1. The molecule has 0 spiro atoms. The maximum atomic E-state index is 13.3. The lowest BCUT2D eigenvalue weighted by Crippen LogP contribution is -2.44. The topological polar surface area (TPSA) is 52.6 Å². The van der Waals surface area contributed by atoms with Crippen LogP contribution in [0.5, 0.6) is 5.75 Å². The zero-order valence-corrected chi connectivity index (χ0v) is 14.5. The first kappa shape index (κ1) is 16.2. The third-order valence-electron chi connectivity index (χ3n) is 4.85. The minimum Gasteiger partial charge on any atom is -0.508 e. The first-order valence-electron chi connectivity index (χ1n) is 8.67. The van der Waals surface area contributed by atoms with E-state index in [9.17, 15) is 9.90 Å². The first-order valence-corrected chi connectivity index (χ1v) is 8.67. The number of anilines is 1. The minimum atomic E-state index is -0.361. The number of phenols is 1. The Bertz CT molecular complexity index is 940. The van der Waals surface area contributed by atoms with Crippen molar-refractivity contribution in [2.75, 3.05) is 5.32 Å². The monoisotopic (exact) mass is 344 g/mol. The molecule has 2 N–H and O–H groups in total. The van der Waals surface area contributed by atoms with Crippen molar-refractivity contribution in [3.05, 3.63) is 95.6 Å². The van der Waals surface area contributed by atoms with Crippen molar-refractivity contribution >= 4 is 11.6 Å². The van der Waals surface area contributed by atoms with Crippen molar-refractivity contribution in [1.29, 1.82) is 0 Å². The molecular weight excluding hydrogens is 324 g/mol. The van der Waals surface area contributed by atoms with Crippen LogP contribution in [0.15, 0.2) is 78.9 Å². The summed E-state index contributed by atoms with van der Waals surface area (Å²) in [6, 6.07) is 24.4. The Morgan fingerprint density at radius 2 is 1.69 bits per heavy atom. The predicted molar refractivity (Wildman–Crippen MR) is 102 cm³/mol. The maximum Gasteiger partial charge on any atom is 0.258 e. The van der Waals surface area contributed by atoms with Crippen molar-refractivity contribution in [2.24, 2.45) is 0 Å². The maximum absolute atomic E-state index is 13.3. The van der Waals surface area contributed by atoms with Gasteiger partial charge >= 0.3 is 0 Å². The van der Waals surface area contributed by atoms with Gasteiger partial charge in [-0.25, -0.2) is 0 Å². The molecule has 0 unspecified atom stereocenters. The van der Waals surface area contributed by atoms with E-state index in [0.29, 0.717) is 5.56 Å². The summed E-state index contributed by atoms with van der Waals surface area (Å²) >= 11 is 0. The summed E-state index contributed by atoms with van der Waals surface area (Å²) in [4.78, 5) is 15.2. The van der Waals surface area contributed by atoms with Gasteiger partial charge in [-0.15, -0.1) is 0 Å². The molecule has 3 aromatic carbocycles. The number of para-hydroxylation sites is 1. The summed E-state index contributed by atoms with van der Waals surface area (Å²) in [5, 5.41) is 13.4. The molecule has 4 nitrogen and oxygen atoms in total. The van der Waals surface area contributed by atoms with Crippen LogP contribution in [0.4, 0.5) is 5.69 Å². The van der Waals surface area contributed by atoms with Crippen LogP contribution in [-0.2, 0) is 0 Å². The van der Waals surface area contributed by atoms with Crippen LogP contribution in [0.2, 0.25) is 0 Å². The molecule has 4 rings (SSSR count). The number of rotatable bonds is 3. The number of amides is 1. The fraction of sp³-hybridized carbons (Fsp3) is 0.136. The molecule has 1 amide bonds. The molecule has 26 heavy (non-hydrogen) atoms. The van der Waals surface area contributed by atoms with Crippen LogP contribution >= 0.6 is 0 Å².